The molecule has 202 valence electrons. The Hall–Kier alpha value is -2.92. The number of nitrogens with zero attached hydrogens (tertiary/aromatic N) is 2. The van der Waals surface area contributed by atoms with Crippen molar-refractivity contribution in [3.8, 4) is 0 Å². The number of anilines is 1. The second-order valence-corrected chi connectivity index (χ2v) is 11.7. The van der Waals surface area contributed by atoms with Gasteiger partial charge < -0.3 is 24.7 Å². The second-order valence-electron chi connectivity index (χ2n) is 11.7. The van der Waals surface area contributed by atoms with E-state index in [-0.39, 0.29) is 16.9 Å². The molecule has 1 amide bonds. The Morgan fingerprint density at radius 1 is 1.18 bits per heavy atom. The third kappa shape index (κ3) is 6.04. The minimum absolute atomic E-state index is 0.242. The number of benzene rings is 1. The van der Waals surface area contributed by atoms with Gasteiger partial charge in [0.05, 0.1) is 24.5 Å². The lowest BCUT2D eigenvalue weighted by molar-refractivity contribution is -0.119. The first-order chi connectivity index (χ1) is 18.4. The lowest BCUT2D eigenvalue weighted by atomic mass is 9.76. The number of hydrogen-bond acceptors (Lipinski definition) is 4. The van der Waals surface area contributed by atoms with E-state index in [0.717, 1.165) is 55.5 Å². The highest BCUT2D eigenvalue weighted by molar-refractivity contribution is 6.05. The first-order valence-corrected chi connectivity index (χ1v) is 14.0. The van der Waals surface area contributed by atoms with Gasteiger partial charge >= 0.3 is 0 Å². The van der Waals surface area contributed by atoms with E-state index in [9.17, 15) is 4.79 Å². The number of likely N-dealkylation sites (tertiary alicyclic amines) is 1. The molecule has 2 aliphatic heterocycles. The summed E-state index contributed by atoms with van der Waals surface area (Å²) in [5, 5.41) is 3.12. The summed E-state index contributed by atoms with van der Waals surface area (Å²) in [6.07, 6.45) is 11.2. The van der Waals surface area contributed by atoms with Crippen molar-refractivity contribution in [3.05, 3.63) is 64.8 Å². The molecule has 1 aromatic heterocycles. The van der Waals surface area contributed by atoms with Crippen LogP contribution in [0.3, 0.4) is 0 Å². The molecule has 2 fully saturated rings. The lowest BCUT2D eigenvalue weighted by Gasteiger charge is -2.39. The molecule has 0 saturated carbocycles. The van der Waals surface area contributed by atoms with Gasteiger partial charge in [-0.1, -0.05) is 26.0 Å². The summed E-state index contributed by atoms with van der Waals surface area (Å²) in [5.41, 5.74) is 5.01. The third-order valence-electron chi connectivity index (χ3n) is 8.44. The molecule has 3 aliphatic rings. The minimum atomic E-state index is -0.381. The van der Waals surface area contributed by atoms with Crippen molar-refractivity contribution in [2.24, 2.45) is 5.41 Å². The van der Waals surface area contributed by atoms with Crippen LogP contribution in [0, 0.1) is 12.0 Å². The Balaban J connectivity index is 1.45. The molecular weight excluding hydrogens is 476 g/mol. The lowest BCUT2D eigenvalue weighted by Crippen LogP contribution is -2.39. The predicted molar refractivity (Wildman–Crippen MR) is 150 cm³/mol. The number of aromatic amines is 1. The highest BCUT2D eigenvalue weighted by Crippen LogP contribution is 2.43. The van der Waals surface area contributed by atoms with E-state index >= 15 is 0 Å². The van der Waals surface area contributed by atoms with Crippen LogP contribution in [0.5, 0.6) is 0 Å². The molecule has 3 heterocycles. The quantitative estimate of drug-likeness (QED) is 0.392. The van der Waals surface area contributed by atoms with Crippen LogP contribution in [-0.2, 0) is 15.1 Å². The molecule has 0 atom stereocenters. The van der Waals surface area contributed by atoms with Gasteiger partial charge in [0.2, 0.25) is 5.69 Å². The van der Waals surface area contributed by atoms with Gasteiger partial charge in [-0.3, -0.25) is 4.79 Å². The molecule has 2 N–H and O–H groups in total. The van der Waals surface area contributed by atoms with Crippen molar-refractivity contribution in [1.29, 1.82) is 0 Å². The predicted octanol–water partition coefficient (Wildman–Crippen LogP) is 6.53. The molecule has 0 bridgehead atoms. The molecule has 38 heavy (non-hydrogen) atoms. The molecule has 7 nitrogen and oxygen atoms in total. The topological polar surface area (TPSA) is 71.0 Å². The second kappa shape index (κ2) is 11.4. The Morgan fingerprint density at radius 3 is 2.66 bits per heavy atom. The van der Waals surface area contributed by atoms with Gasteiger partial charge in [-0.25, -0.2) is 4.85 Å². The van der Waals surface area contributed by atoms with E-state index in [1.54, 1.807) is 12.3 Å². The van der Waals surface area contributed by atoms with Crippen LogP contribution in [0.4, 0.5) is 11.4 Å². The molecule has 7 heteroatoms. The van der Waals surface area contributed by atoms with Crippen molar-refractivity contribution < 1.29 is 14.3 Å². The van der Waals surface area contributed by atoms with E-state index < -0.39 is 0 Å². The molecule has 0 radical (unpaired) electrons. The zero-order valence-corrected chi connectivity index (χ0v) is 22.8. The Labute approximate surface area is 226 Å². The average Bonchev–Trinajstić information content (AvgIpc) is 3.62. The molecule has 5 rings (SSSR count). The summed E-state index contributed by atoms with van der Waals surface area (Å²) in [6.45, 7) is 17.2. The number of carbonyl (C=O) groups is 1. The zero-order valence-electron chi connectivity index (χ0n) is 22.8. The highest BCUT2D eigenvalue weighted by atomic mass is 16.5. The summed E-state index contributed by atoms with van der Waals surface area (Å²) < 4.78 is 12.5. The maximum absolute atomic E-state index is 13.1. The third-order valence-corrected chi connectivity index (χ3v) is 8.44. The maximum atomic E-state index is 13.1. The van der Waals surface area contributed by atoms with Gasteiger partial charge in [-0.05, 0) is 79.9 Å². The van der Waals surface area contributed by atoms with Crippen LogP contribution in [0.2, 0.25) is 0 Å². The van der Waals surface area contributed by atoms with Crippen molar-refractivity contribution in [2.45, 2.75) is 64.4 Å². The monoisotopic (exact) mass is 516 g/mol. The summed E-state index contributed by atoms with van der Waals surface area (Å²) in [5.74, 6) is -0.242. The standard InChI is InChI=1S/C31H40N4O3/c1-30(2)10-8-23(9-11-30)26-20-24(6-7-27(26)34-29(36)28-21-25(32-3)22-33-28)31(12-17-37-18-13-31)38-19-16-35-14-4-5-15-35/h6-8,20-22,33H,4-5,9-19H2,1-2H3,(H,34,36). The van der Waals surface area contributed by atoms with Crippen LogP contribution in [0.1, 0.15) is 80.4 Å². The fourth-order valence-electron chi connectivity index (χ4n) is 5.89. The fraction of sp³-hybridized carbons (Fsp3) is 0.548. The molecule has 2 saturated heterocycles. The fourth-order valence-corrected chi connectivity index (χ4v) is 5.89. The zero-order chi connectivity index (χ0) is 26.6. The molecule has 2 aromatic rings. The molecular formula is C31H40N4O3. The minimum Gasteiger partial charge on any atom is -0.381 e. The van der Waals surface area contributed by atoms with Gasteiger partial charge in [0.15, 0.2) is 0 Å². The number of H-pyrrole nitrogens is 1. The van der Waals surface area contributed by atoms with Gasteiger partial charge in [0.1, 0.15) is 0 Å². The summed E-state index contributed by atoms with van der Waals surface area (Å²) in [4.78, 5) is 21.9. The first-order valence-electron chi connectivity index (χ1n) is 14.0. The smallest absolute Gasteiger partial charge is 0.270 e. The van der Waals surface area contributed by atoms with Gasteiger partial charge in [0.25, 0.3) is 5.91 Å². The van der Waals surface area contributed by atoms with E-state index in [2.05, 4.69) is 52.1 Å². The molecule has 0 spiro atoms. The Bertz CT molecular complexity index is 1210. The number of amides is 1. The number of hydrogen-bond donors (Lipinski definition) is 2. The van der Waals surface area contributed by atoms with E-state index in [1.807, 2.05) is 6.07 Å². The van der Waals surface area contributed by atoms with Crippen molar-refractivity contribution in [1.82, 2.24) is 9.88 Å². The van der Waals surface area contributed by atoms with Crippen LogP contribution < -0.4 is 5.32 Å². The normalized spacial score (nSPS) is 21.0. The van der Waals surface area contributed by atoms with E-state index in [0.29, 0.717) is 31.2 Å². The summed E-state index contributed by atoms with van der Waals surface area (Å²) >= 11 is 0. The first kappa shape index (κ1) is 26.7. The number of carbonyl (C=O) groups excluding carboxylic acids is 1. The van der Waals surface area contributed by atoms with Crippen LogP contribution in [0.25, 0.3) is 10.4 Å². The maximum Gasteiger partial charge on any atom is 0.270 e. The molecule has 0 unspecified atom stereocenters. The van der Waals surface area contributed by atoms with Crippen molar-refractivity contribution >= 4 is 22.9 Å². The number of allylic oxidation sites excluding steroid dienone is 2. The molecule has 1 aromatic carbocycles. The number of nitrogens with one attached hydrogen (secondary N) is 2. The Kier molecular flexibility index (Phi) is 8.04. The van der Waals surface area contributed by atoms with Crippen molar-refractivity contribution in [2.75, 3.05) is 44.8 Å². The van der Waals surface area contributed by atoms with E-state index in [1.165, 1.54) is 31.5 Å². The SMILES string of the molecule is [C-]#[N+]c1c[nH]c(C(=O)Nc2ccc(C3(OCCN4CCCC4)CCOCC3)cc2C2=CCC(C)(C)CC2)c1. The van der Waals surface area contributed by atoms with E-state index in [4.69, 9.17) is 16.0 Å². The summed E-state index contributed by atoms with van der Waals surface area (Å²) in [7, 11) is 0. The van der Waals surface area contributed by atoms with Crippen molar-refractivity contribution in [3.63, 3.8) is 0 Å². The average molecular weight is 517 g/mol. The van der Waals surface area contributed by atoms with Gasteiger partial charge in [0, 0.05) is 50.0 Å². The highest BCUT2D eigenvalue weighted by Gasteiger charge is 2.36. The van der Waals surface area contributed by atoms with Gasteiger partial charge in [-0.15, -0.1) is 0 Å². The van der Waals surface area contributed by atoms with Crippen LogP contribution in [0.15, 0.2) is 36.5 Å². The van der Waals surface area contributed by atoms with Gasteiger partial charge in [-0.2, -0.15) is 0 Å². The number of ether oxygens (including phenoxy) is 2. The number of rotatable bonds is 8. The largest absolute Gasteiger partial charge is 0.381 e. The van der Waals surface area contributed by atoms with Crippen LogP contribution >= 0.6 is 0 Å². The molecule has 1 aliphatic carbocycles. The summed E-state index contributed by atoms with van der Waals surface area (Å²) in [6, 6.07) is 7.99. The Morgan fingerprint density at radius 2 is 1.97 bits per heavy atom. The van der Waals surface area contributed by atoms with Crippen LogP contribution in [-0.4, -0.2) is 55.2 Å². The number of aromatic nitrogens is 1.